The molecule has 3 fully saturated rings. The highest BCUT2D eigenvalue weighted by molar-refractivity contribution is 5.69. The standard InChI is InChI=1S/C32H52F2O7/c1-4-5-19-32(2,34)27(41-30-16-10-12-21-39-30)18-17-23-26(40-29-15-9-11-20-38-29)22-25(35)31(23)24(33)13-7-6-8-14-28(36)37-3/h7,13,17-18,23-27,29-31,35H,4-6,8-12,14-16,19-22H2,1-3H3/t23-,24?,25-,26+,27+,29?,30?,31-,32?/m0/s1. The highest BCUT2D eigenvalue weighted by Crippen LogP contribution is 2.41. The maximum atomic E-state index is 16.0. The Bertz CT molecular complexity index is 808. The molecule has 3 rings (SSSR count). The molecule has 0 spiro atoms. The molecule has 4 unspecified atom stereocenters. The van der Waals surface area contributed by atoms with Gasteiger partial charge in [-0.1, -0.05) is 44.1 Å². The zero-order valence-electron chi connectivity index (χ0n) is 25.2. The number of aliphatic hydroxyl groups is 1. The number of allylic oxidation sites excluding steroid dienone is 2. The van der Waals surface area contributed by atoms with Gasteiger partial charge in [0.15, 0.2) is 12.6 Å². The van der Waals surface area contributed by atoms with E-state index >= 15 is 8.78 Å². The van der Waals surface area contributed by atoms with Gasteiger partial charge in [-0.25, -0.2) is 8.78 Å². The molecule has 236 valence electrons. The number of unbranched alkanes of at least 4 members (excludes halogenated alkanes) is 2. The fraction of sp³-hybridized carbons (Fsp3) is 0.844. The van der Waals surface area contributed by atoms with Gasteiger partial charge in [0.2, 0.25) is 0 Å². The second-order valence-corrected chi connectivity index (χ2v) is 11.9. The number of aliphatic hydroxyl groups excluding tert-OH is 1. The average Bonchev–Trinajstić information content (AvgIpc) is 3.28. The van der Waals surface area contributed by atoms with Crippen molar-refractivity contribution >= 4 is 5.97 Å². The second kappa shape index (κ2) is 17.7. The summed E-state index contributed by atoms with van der Waals surface area (Å²) < 4.78 is 60.5. The van der Waals surface area contributed by atoms with Crippen molar-refractivity contribution in [3.05, 3.63) is 24.3 Å². The van der Waals surface area contributed by atoms with E-state index in [2.05, 4.69) is 4.74 Å². The van der Waals surface area contributed by atoms with E-state index in [1.807, 2.05) is 6.92 Å². The molecule has 2 aliphatic heterocycles. The number of methoxy groups -OCH3 is 1. The molecule has 2 heterocycles. The SMILES string of the molecule is CCCCC(C)(F)[C@@H](C=C[C@@H]1[C@@H](C(F)C=CCCCC(=O)OC)[C@@H](O)C[C@H]1OC1CCCCO1)OC1CCCCO1. The topological polar surface area (TPSA) is 83.5 Å². The lowest BCUT2D eigenvalue weighted by molar-refractivity contribution is -0.202. The Kier molecular flexibility index (Phi) is 14.7. The molecule has 0 aromatic rings. The Morgan fingerprint density at radius 1 is 1.10 bits per heavy atom. The minimum Gasteiger partial charge on any atom is -0.469 e. The van der Waals surface area contributed by atoms with Gasteiger partial charge >= 0.3 is 5.97 Å². The maximum absolute atomic E-state index is 16.0. The van der Waals surface area contributed by atoms with Crippen molar-refractivity contribution in [2.45, 2.75) is 140 Å². The molecule has 41 heavy (non-hydrogen) atoms. The molecule has 0 aromatic heterocycles. The number of halogens is 2. The Hall–Kier alpha value is -1.39. The van der Waals surface area contributed by atoms with Crippen molar-refractivity contribution in [1.29, 1.82) is 0 Å². The average molecular weight is 587 g/mol. The molecule has 1 N–H and O–H groups in total. The summed E-state index contributed by atoms with van der Waals surface area (Å²) in [5, 5.41) is 11.0. The molecule has 0 bridgehead atoms. The van der Waals surface area contributed by atoms with Crippen LogP contribution < -0.4 is 0 Å². The molecule has 1 aliphatic carbocycles. The Morgan fingerprint density at radius 2 is 1.80 bits per heavy atom. The van der Waals surface area contributed by atoms with E-state index in [1.165, 1.54) is 13.2 Å². The molecule has 7 nitrogen and oxygen atoms in total. The zero-order valence-corrected chi connectivity index (χ0v) is 25.2. The summed E-state index contributed by atoms with van der Waals surface area (Å²) in [5.74, 6) is -1.58. The minimum atomic E-state index is -1.64. The lowest BCUT2D eigenvalue weighted by atomic mass is 9.86. The van der Waals surface area contributed by atoms with Crippen LogP contribution in [0.2, 0.25) is 0 Å². The second-order valence-electron chi connectivity index (χ2n) is 11.9. The number of ether oxygens (including phenoxy) is 5. The zero-order chi connectivity index (χ0) is 29.7. The van der Waals surface area contributed by atoms with E-state index in [0.717, 1.165) is 44.9 Å². The predicted molar refractivity (Wildman–Crippen MR) is 153 cm³/mol. The highest BCUT2D eigenvalue weighted by Gasteiger charge is 2.47. The normalized spacial score (nSPS) is 32.2. The third-order valence-corrected chi connectivity index (χ3v) is 8.48. The van der Waals surface area contributed by atoms with Crippen molar-refractivity contribution in [2.24, 2.45) is 11.8 Å². The summed E-state index contributed by atoms with van der Waals surface area (Å²) >= 11 is 0. The number of esters is 1. The number of hydrogen-bond donors (Lipinski definition) is 1. The first-order valence-electron chi connectivity index (χ1n) is 15.7. The summed E-state index contributed by atoms with van der Waals surface area (Å²) in [6.07, 6.45) is 10.9. The lowest BCUT2D eigenvalue weighted by Crippen LogP contribution is -2.40. The Labute approximate surface area is 245 Å². The van der Waals surface area contributed by atoms with Gasteiger partial charge in [0.25, 0.3) is 0 Å². The number of carbonyl (C=O) groups is 1. The van der Waals surface area contributed by atoms with Crippen LogP contribution in [0.15, 0.2) is 24.3 Å². The fourth-order valence-corrected chi connectivity index (χ4v) is 5.98. The highest BCUT2D eigenvalue weighted by atomic mass is 19.1. The van der Waals surface area contributed by atoms with Crippen molar-refractivity contribution in [3.63, 3.8) is 0 Å². The molecule has 1 saturated carbocycles. The first-order chi connectivity index (χ1) is 19.7. The molecule has 0 amide bonds. The van der Waals surface area contributed by atoms with E-state index in [4.69, 9.17) is 18.9 Å². The van der Waals surface area contributed by atoms with Crippen molar-refractivity contribution < 1.29 is 42.4 Å². The quantitative estimate of drug-likeness (QED) is 0.125. The number of rotatable bonds is 16. The maximum Gasteiger partial charge on any atom is 0.305 e. The van der Waals surface area contributed by atoms with Gasteiger partial charge in [-0.05, 0) is 64.7 Å². The fourth-order valence-electron chi connectivity index (χ4n) is 5.98. The van der Waals surface area contributed by atoms with Crippen LogP contribution in [-0.4, -0.2) is 74.1 Å². The smallest absolute Gasteiger partial charge is 0.305 e. The summed E-state index contributed by atoms with van der Waals surface area (Å²) in [4.78, 5) is 11.4. The van der Waals surface area contributed by atoms with Gasteiger partial charge in [0, 0.05) is 37.9 Å². The van der Waals surface area contributed by atoms with Gasteiger partial charge in [-0.15, -0.1) is 0 Å². The van der Waals surface area contributed by atoms with Gasteiger partial charge in [-0.3, -0.25) is 4.79 Å². The molecule has 3 aliphatic rings. The summed E-state index contributed by atoms with van der Waals surface area (Å²) in [6, 6.07) is 0. The van der Waals surface area contributed by atoms with Gasteiger partial charge in [0.1, 0.15) is 17.9 Å². The lowest BCUT2D eigenvalue weighted by Gasteiger charge is -2.34. The van der Waals surface area contributed by atoms with Crippen LogP contribution in [-0.2, 0) is 28.5 Å². The molecular formula is C32H52F2O7. The van der Waals surface area contributed by atoms with E-state index in [1.54, 1.807) is 25.2 Å². The number of carbonyl (C=O) groups excluding carboxylic acids is 1. The van der Waals surface area contributed by atoms with E-state index in [0.29, 0.717) is 38.9 Å². The van der Waals surface area contributed by atoms with Gasteiger partial charge < -0.3 is 28.8 Å². The monoisotopic (exact) mass is 586 g/mol. The van der Waals surface area contributed by atoms with Crippen LogP contribution >= 0.6 is 0 Å². The van der Waals surface area contributed by atoms with Crippen molar-refractivity contribution in [1.82, 2.24) is 0 Å². The summed E-state index contributed by atoms with van der Waals surface area (Å²) in [7, 11) is 1.34. The van der Waals surface area contributed by atoms with Crippen molar-refractivity contribution in [2.75, 3.05) is 20.3 Å². The number of hydrogen-bond acceptors (Lipinski definition) is 7. The summed E-state index contributed by atoms with van der Waals surface area (Å²) in [6.45, 7) is 4.78. The van der Waals surface area contributed by atoms with Crippen LogP contribution in [0, 0.1) is 11.8 Å². The predicted octanol–water partition coefficient (Wildman–Crippen LogP) is 6.52. The summed E-state index contributed by atoms with van der Waals surface area (Å²) in [5.41, 5.74) is -1.64. The molecule has 2 saturated heterocycles. The van der Waals surface area contributed by atoms with Crippen molar-refractivity contribution in [3.8, 4) is 0 Å². The van der Waals surface area contributed by atoms with Gasteiger partial charge in [-0.2, -0.15) is 0 Å². The van der Waals surface area contributed by atoms with E-state index in [9.17, 15) is 9.90 Å². The van der Waals surface area contributed by atoms with Crippen LogP contribution in [0.3, 0.4) is 0 Å². The first kappa shape index (κ1) is 34.1. The molecule has 9 atom stereocenters. The van der Waals surface area contributed by atoms with Crippen LogP contribution in [0.4, 0.5) is 8.78 Å². The Balaban J connectivity index is 1.79. The molecule has 9 heteroatoms. The van der Waals surface area contributed by atoms with Crippen LogP contribution in [0.5, 0.6) is 0 Å². The van der Waals surface area contributed by atoms with Crippen LogP contribution in [0.1, 0.15) is 97.3 Å². The van der Waals surface area contributed by atoms with Gasteiger partial charge in [0.05, 0.1) is 19.3 Å². The van der Waals surface area contributed by atoms with E-state index in [-0.39, 0.29) is 18.8 Å². The Morgan fingerprint density at radius 3 is 2.44 bits per heavy atom. The van der Waals surface area contributed by atoms with E-state index < -0.39 is 54.6 Å². The molecule has 0 aromatic carbocycles. The first-order valence-corrected chi connectivity index (χ1v) is 15.7. The largest absolute Gasteiger partial charge is 0.469 e. The van der Waals surface area contributed by atoms with Crippen LogP contribution in [0.25, 0.3) is 0 Å². The molecular weight excluding hydrogens is 534 g/mol. The number of alkyl halides is 2. The third kappa shape index (κ3) is 11.0. The minimum absolute atomic E-state index is 0.260. The molecule has 0 radical (unpaired) electrons. The third-order valence-electron chi connectivity index (χ3n) is 8.48.